The maximum absolute atomic E-state index is 5.37. The van der Waals surface area contributed by atoms with Crippen LogP contribution < -0.4 is 0 Å². The van der Waals surface area contributed by atoms with Crippen molar-refractivity contribution in [3.8, 4) is 113 Å². The topological polar surface area (TPSA) is 84.2 Å². The maximum atomic E-state index is 5.37. The molecule has 26 rings (SSSR count). The molecule has 2 aliphatic carbocycles. The van der Waals surface area contributed by atoms with Crippen molar-refractivity contribution in [3.05, 3.63) is 382 Å². The van der Waals surface area contributed by atoms with E-state index < -0.39 is 0 Å². The minimum absolute atomic E-state index is 0.633. The van der Waals surface area contributed by atoms with Crippen molar-refractivity contribution < 1.29 is 0 Å². The van der Waals surface area contributed by atoms with E-state index in [1.165, 1.54) is 148 Å². The first-order chi connectivity index (χ1) is 57.5. The predicted octanol–water partition coefficient (Wildman–Crippen LogP) is 27.3. The second-order valence-electron chi connectivity index (χ2n) is 30.5. The van der Waals surface area contributed by atoms with Gasteiger partial charge in [0.05, 0.1) is 55.3 Å². The first-order valence-corrected chi connectivity index (χ1v) is 39.5. The van der Waals surface area contributed by atoms with Gasteiger partial charge in [0, 0.05) is 87.8 Å². The van der Waals surface area contributed by atoms with Crippen LogP contribution in [-0.4, -0.2) is 43.2 Å². The normalized spacial score (nSPS) is 12.1. The number of nitrogens with zero attached hydrogens (tertiary/aromatic N) is 9. The van der Waals surface area contributed by atoms with Gasteiger partial charge in [0.2, 0.25) is 5.95 Å². The van der Waals surface area contributed by atoms with Crippen LogP contribution in [-0.2, 0) is 0 Å². The SMILES string of the molecule is c1ccc(-c2nc(-c3ccc(-n4c5cccc6c5c5c7c(cccc7ccc54)-c4cc5c7ccccc7n(-c7ccccc7)c5cc4-6)cc3)nc(-c3ccc4ccccc4c3)n2)cc1.c1ccc(-c2nc(-n3c4cccc5c4c4c6c(cccc6ccc43)-c3cc4c6ccccc6n(-c6ccccc6)c4cc3-5)nc3ccccc23)cc1. The standard InChI is InChI=1S/C59H35N5.C48H28N4/c1-3-14-38(15-4-1)57-60-58(62-59(61-57)41-26-25-36-13-7-8-16-40(36)33-41)39-27-30-43(31-28-39)64-51-24-12-22-46-48-35-53-49(44-20-9-10-23-50(44)63(53)42-18-5-2-6-19-42)34-47(48)45-21-11-17-37-29-32-52(64)56(54(37)45)55(46)51;1-3-13-30(14-4-1)47-35-19-7-9-22-39(35)49-48(50-47)52-41-24-12-21-34-37-28-43-38(32-18-8-10-23-40(32)51(43)31-16-5-2-6-17-31)27-36(37)33-20-11-15-29-25-26-42(52)46(44(29)33)45(34)41/h1-35H;1-28H. The van der Waals surface area contributed by atoms with Crippen LogP contribution in [0.5, 0.6) is 0 Å². The fourth-order valence-electron chi connectivity index (χ4n) is 19.3. The summed E-state index contributed by atoms with van der Waals surface area (Å²) in [5.41, 5.74) is 28.4. The molecule has 0 atom stereocenters. The highest BCUT2D eigenvalue weighted by Crippen LogP contribution is 2.54. The van der Waals surface area contributed by atoms with Crippen LogP contribution >= 0.6 is 0 Å². The molecule has 0 fully saturated rings. The van der Waals surface area contributed by atoms with Gasteiger partial charge in [-0.25, -0.2) is 24.9 Å². The van der Waals surface area contributed by atoms with Crippen molar-refractivity contribution in [2.24, 2.45) is 0 Å². The van der Waals surface area contributed by atoms with Gasteiger partial charge in [0.15, 0.2) is 17.5 Å². The Balaban J connectivity index is 0.000000133. The fraction of sp³-hybridized carbons (Fsp3) is 0. The summed E-state index contributed by atoms with van der Waals surface area (Å²) in [6, 6.07) is 137. The average molecular weight is 1470 g/mol. The Morgan fingerprint density at radius 1 is 0.172 bits per heavy atom. The van der Waals surface area contributed by atoms with Gasteiger partial charge in [-0.2, -0.15) is 0 Å². The van der Waals surface area contributed by atoms with E-state index in [1.54, 1.807) is 0 Å². The van der Waals surface area contributed by atoms with E-state index in [4.69, 9.17) is 24.9 Å². The number of hydrogen-bond acceptors (Lipinski definition) is 5. The Hall–Kier alpha value is -15.7. The summed E-state index contributed by atoms with van der Waals surface area (Å²) in [6.45, 7) is 0. The third-order valence-corrected chi connectivity index (χ3v) is 24.3. The summed E-state index contributed by atoms with van der Waals surface area (Å²) in [5.74, 6) is 2.60. The van der Waals surface area contributed by atoms with Crippen molar-refractivity contribution in [2.75, 3.05) is 0 Å². The number of para-hydroxylation sites is 5. The summed E-state index contributed by atoms with van der Waals surface area (Å²) in [5, 5.41) is 18.4. The predicted molar refractivity (Wildman–Crippen MR) is 480 cm³/mol. The molecule has 24 aromatic rings. The van der Waals surface area contributed by atoms with E-state index in [2.05, 4.69) is 382 Å². The Kier molecular flexibility index (Phi) is 13.7. The molecule has 536 valence electrons. The molecule has 2 aliphatic rings. The van der Waals surface area contributed by atoms with Crippen LogP contribution in [0.4, 0.5) is 0 Å². The molecule has 0 unspecified atom stereocenters. The lowest BCUT2D eigenvalue weighted by Gasteiger charge is -2.15. The lowest BCUT2D eigenvalue weighted by Crippen LogP contribution is -2.03. The van der Waals surface area contributed by atoms with Gasteiger partial charge in [-0.3, -0.25) is 4.57 Å². The van der Waals surface area contributed by atoms with Crippen LogP contribution in [0, 0.1) is 0 Å². The van der Waals surface area contributed by atoms with E-state index in [0.717, 1.165) is 72.3 Å². The molecular formula is C107H63N9. The van der Waals surface area contributed by atoms with Crippen LogP contribution in [0.3, 0.4) is 0 Å². The molecule has 0 saturated carbocycles. The molecule has 0 saturated heterocycles. The third-order valence-electron chi connectivity index (χ3n) is 24.3. The third kappa shape index (κ3) is 9.48. The second kappa shape index (κ2) is 24.9. The first-order valence-electron chi connectivity index (χ1n) is 39.5. The molecule has 0 bridgehead atoms. The van der Waals surface area contributed by atoms with Gasteiger partial charge in [-0.1, -0.05) is 261 Å². The van der Waals surface area contributed by atoms with Gasteiger partial charge in [0.25, 0.3) is 0 Å². The maximum Gasteiger partial charge on any atom is 0.235 e. The van der Waals surface area contributed by atoms with Crippen molar-refractivity contribution in [2.45, 2.75) is 0 Å². The molecule has 9 nitrogen and oxygen atoms in total. The second-order valence-corrected chi connectivity index (χ2v) is 30.5. The molecule has 0 aliphatic heterocycles. The van der Waals surface area contributed by atoms with Crippen molar-refractivity contribution >= 4 is 130 Å². The highest BCUT2D eigenvalue weighted by Gasteiger charge is 2.31. The zero-order chi connectivity index (χ0) is 75.8. The molecule has 6 aromatic heterocycles. The van der Waals surface area contributed by atoms with Gasteiger partial charge in [-0.15, -0.1) is 0 Å². The summed E-state index contributed by atoms with van der Waals surface area (Å²) in [6.07, 6.45) is 0. The van der Waals surface area contributed by atoms with Crippen LogP contribution in [0.25, 0.3) is 243 Å². The summed E-state index contributed by atoms with van der Waals surface area (Å²) in [7, 11) is 0. The van der Waals surface area contributed by atoms with Crippen LogP contribution in [0.15, 0.2) is 382 Å². The molecule has 6 heterocycles. The van der Waals surface area contributed by atoms with E-state index in [-0.39, 0.29) is 0 Å². The zero-order valence-corrected chi connectivity index (χ0v) is 62.4. The Labute approximate surface area is 664 Å². The molecule has 9 heteroatoms. The zero-order valence-electron chi connectivity index (χ0n) is 62.4. The molecule has 0 spiro atoms. The molecule has 116 heavy (non-hydrogen) atoms. The smallest absolute Gasteiger partial charge is 0.235 e. The van der Waals surface area contributed by atoms with E-state index >= 15 is 0 Å². The van der Waals surface area contributed by atoms with E-state index in [1.807, 2.05) is 18.2 Å². The van der Waals surface area contributed by atoms with E-state index in [9.17, 15) is 0 Å². The van der Waals surface area contributed by atoms with E-state index in [0.29, 0.717) is 23.4 Å². The summed E-state index contributed by atoms with van der Waals surface area (Å²) < 4.78 is 9.56. The lowest BCUT2D eigenvalue weighted by atomic mass is 9.91. The summed E-state index contributed by atoms with van der Waals surface area (Å²) in [4.78, 5) is 25.8. The Bertz CT molecular complexity index is 8300. The number of fused-ring (bicyclic) bond motifs is 14. The van der Waals surface area contributed by atoms with Gasteiger partial charge >= 0.3 is 0 Å². The van der Waals surface area contributed by atoms with Gasteiger partial charge in [-0.05, 0) is 198 Å². The molecule has 0 radical (unpaired) electrons. The van der Waals surface area contributed by atoms with Crippen LogP contribution in [0.1, 0.15) is 0 Å². The van der Waals surface area contributed by atoms with Crippen molar-refractivity contribution in [3.63, 3.8) is 0 Å². The lowest BCUT2D eigenvalue weighted by molar-refractivity contribution is 1.01. The highest BCUT2D eigenvalue weighted by atomic mass is 15.2. The monoisotopic (exact) mass is 1470 g/mol. The highest BCUT2D eigenvalue weighted by molar-refractivity contribution is 6.33. The number of aromatic nitrogens is 9. The van der Waals surface area contributed by atoms with Gasteiger partial charge < -0.3 is 13.7 Å². The summed E-state index contributed by atoms with van der Waals surface area (Å²) >= 11 is 0. The molecule has 18 aromatic carbocycles. The van der Waals surface area contributed by atoms with Crippen molar-refractivity contribution in [1.82, 2.24) is 43.2 Å². The van der Waals surface area contributed by atoms with Crippen LogP contribution in [0.2, 0.25) is 0 Å². The fourth-order valence-corrected chi connectivity index (χ4v) is 19.3. The first kappa shape index (κ1) is 64.0. The molecular weight excluding hydrogens is 1410 g/mol. The quantitative estimate of drug-likeness (QED) is 0.151. The number of rotatable bonds is 8. The Morgan fingerprint density at radius 2 is 0.552 bits per heavy atom. The number of benzene rings is 18. The van der Waals surface area contributed by atoms with Crippen molar-refractivity contribution in [1.29, 1.82) is 0 Å². The number of hydrogen-bond donors (Lipinski definition) is 0. The largest absolute Gasteiger partial charge is 0.309 e. The minimum Gasteiger partial charge on any atom is -0.309 e. The molecule has 0 amide bonds. The average Bonchev–Trinajstić information content (AvgIpc) is 1.54. The van der Waals surface area contributed by atoms with Gasteiger partial charge in [0.1, 0.15) is 0 Å². The minimum atomic E-state index is 0.633. The Morgan fingerprint density at radius 3 is 1.12 bits per heavy atom. The molecule has 0 N–H and O–H groups in total.